The molecule has 0 saturated heterocycles. The molecular weight excluding hydrogens is 657 g/mol. The fourth-order valence-electron chi connectivity index (χ4n) is 8.78. The molecule has 0 unspecified atom stereocenters. The smallest absolute Gasteiger partial charge is 0.0735 e. The normalized spacial score (nSPS) is 14.3. The lowest BCUT2D eigenvalue weighted by atomic mass is 9.66. The van der Waals surface area contributed by atoms with Crippen molar-refractivity contribution in [3.8, 4) is 33.4 Å². The summed E-state index contributed by atoms with van der Waals surface area (Å²) < 4.78 is 0. The molecular formula is C52H42S. The van der Waals surface area contributed by atoms with Crippen LogP contribution in [-0.2, 0) is 5.41 Å². The first kappa shape index (κ1) is 33.2. The Morgan fingerprint density at radius 2 is 1.08 bits per heavy atom. The van der Waals surface area contributed by atoms with E-state index in [0.717, 1.165) is 12.8 Å². The van der Waals surface area contributed by atoms with E-state index in [2.05, 4.69) is 197 Å². The first-order chi connectivity index (χ1) is 26.0. The minimum absolute atomic E-state index is 0.310. The Bertz CT molecular complexity index is 2520. The van der Waals surface area contributed by atoms with Gasteiger partial charge in [0.2, 0.25) is 0 Å². The molecule has 256 valence electrons. The first-order valence-electron chi connectivity index (χ1n) is 18.7. The highest BCUT2D eigenvalue weighted by Gasteiger charge is 2.50. The van der Waals surface area contributed by atoms with Gasteiger partial charge in [0.1, 0.15) is 0 Å². The Morgan fingerprint density at radius 1 is 0.453 bits per heavy atom. The predicted octanol–water partition coefficient (Wildman–Crippen LogP) is 14.2. The maximum Gasteiger partial charge on any atom is 0.0735 e. The van der Waals surface area contributed by atoms with Gasteiger partial charge in [0.15, 0.2) is 0 Å². The number of hydrogen-bond acceptors (Lipinski definition) is 1. The van der Waals surface area contributed by atoms with Gasteiger partial charge in [0.05, 0.1) is 5.41 Å². The Kier molecular flexibility index (Phi) is 8.61. The minimum Gasteiger partial charge on any atom is -0.0894 e. The molecule has 3 aliphatic rings. The van der Waals surface area contributed by atoms with Gasteiger partial charge < -0.3 is 0 Å². The lowest BCUT2D eigenvalue weighted by molar-refractivity contribution is 0.722. The summed E-state index contributed by atoms with van der Waals surface area (Å²) in [4.78, 5) is 2.71. The number of hydrogen-bond donors (Lipinski definition) is 0. The van der Waals surface area contributed by atoms with Gasteiger partial charge in [-0.2, -0.15) is 0 Å². The van der Waals surface area contributed by atoms with Crippen LogP contribution in [0.5, 0.6) is 0 Å². The zero-order valence-electron chi connectivity index (χ0n) is 30.6. The van der Waals surface area contributed by atoms with E-state index in [1.165, 1.54) is 93.3 Å². The van der Waals surface area contributed by atoms with Crippen molar-refractivity contribution in [2.75, 3.05) is 0 Å². The largest absolute Gasteiger partial charge is 0.0894 e. The molecule has 1 heteroatoms. The second-order valence-electron chi connectivity index (χ2n) is 14.5. The summed E-state index contributed by atoms with van der Waals surface area (Å²) in [7, 11) is 0. The van der Waals surface area contributed by atoms with Gasteiger partial charge in [-0.3, -0.25) is 0 Å². The minimum atomic E-state index is -0.310. The summed E-state index contributed by atoms with van der Waals surface area (Å²) in [5, 5.41) is 0. The molecule has 0 radical (unpaired) electrons. The van der Waals surface area contributed by atoms with Crippen molar-refractivity contribution >= 4 is 17.3 Å². The predicted molar refractivity (Wildman–Crippen MR) is 226 cm³/mol. The molecule has 0 amide bonds. The highest BCUT2D eigenvalue weighted by Crippen LogP contribution is 2.62. The quantitative estimate of drug-likeness (QED) is 0.177. The second-order valence-corrected chi connectivity index (χ2v) is 15.6. The van der Waals surface area contributed by atoms with Crippen LogP contribution in [0.15, 0.2) is 186 Å². The van der Waals surface area contributed by atoms with Crippen LogP contribution in [0.4, 0.5) is 0 Å². The van der Waals surface area contributed by atoms with E-state index < -0.39 is 0 Å². The van der Waals surface area contributed by atoms with E-state index in [4.69, 9.17) is 0 Å². The van der Waals surface area contributed by atoms with Crippen molar-refractivity contribution in [1.29, 1.82) is 0 Å². The molecule has 0 saturated carbocycles. The molecule has 53 heavy (non-hydrogen) atoms. The Hall–Kier alpha value is -5.63. The number of rotatable bonds is 3. The van der Waals surface area contributed by atoms with E-state index in [1.807, 2.05) is 11.8 Å². The Labute approximate surface area is 318 Å². The van der Waals surface area contributed by atoms with Crippen molar-refractivity contribution in [2.24, 2.45) is 0 Å². The summed E-state index contributed by atoms with van der Waals surface area (Å²) in [6, 6.07) is 58.2. The molecule has 0 aromatic heterocycles. The molecule has 0 bridgehead atoms. The summed E-state index contributed by atoms with van der Waals surface area (Å²) in [5.74, 6) is 0. The van der Waals surface area contributed by atoms with Crippen LogP contribution in [0.3, 0.4) is 0 Å². The standard InChI is InChI=1S/C33H24S.C19H18/c1-21-11-3-4-12-23(21)26-20-30-32(19-22(26)2)34-31-18-10-9-17-29(31)33(30)27-15-7-5-13-24(27)25-14-6-8-16-28(25)33;1-15-12-18(16-8-4-2-5-9-16)14-19(13-15)17-10-6-3-7-11-17/h3-20H,1-2H3;2-6,8-10,12-14H,7,11H2,1H3. The van der Waals surface area contributed by atoms with Gasteiger partial charge in [-0.05, 0) is 141 Å². The molecule has 1 aliphatic heterocycles. The lowest BCUT2D eigenvalue weighted by Gasteiger charge is -2.40. The van der Waals surface area contributed by atoms with E-state index in [1.54, 1.807) is 0 Å². The van der Waals surface area contributed by atoms with Crippen molar-refractivity contribution < 1.29 is 0 Å². The van der Waals surface area contributed by atoms with Gasteiger partial charge >= 0.3 is 0 Å². The summed E-state index contributed by atoms with van der Waals surface area (Å²) >= 11 is 1.91. The van der Waals surface area contributed by atoms with Crippen LogP contribution in [0, 0.1) is 20.8 Å². The van der Waals surface area contributed by atoms with E-state index >= 15 is 0 Å². The van der Waals surface area contributed by atoms with Crippen LogP contribution in [0.1, 0.15) is 57.3 Å². The third-order valence-corrected chi connectivity index (χ3v) is 12.3. The van der Waals surface area contributed by atoms with E-state index in [0.29, 0.717) is 0 Å². The zero-order valence-corrected chi connectivity index (χ0v) is 31.4. The highest BCUT2D eigenvalue weighted by atomic mass is 32.2. The Morgan fingerprint density at radius 3 is 1.77 bits per heavy atom. The third-order valence-electron chi connectivity index (χ3n) is 11.2. The van der Waals surface area contributed by atoms with Crippen molar-refractivity contribution in [3.05, 3.63) is 220 Å². The molecule has 7 aromatic rings. The molecule has 1 heterocycles. The Balaban J connectivity index is 0.000000166. The third kappa shape index (κ3) is 5.72. The fourth-order valence-corrected chi connectivity index (χ4v) is 10.0. The molecule has 0 fully saturated rings. The molecule has 0 atom stereocenters. The maximum absolute atomic E-state index is 2.49. The van der Waals surface area contributed by atoms with Crippen LogP contribution >= 0.6 is 11.8 Å². The summed E-state index contributed by atoms with van der Waals surface area (Å²) in [6.07, 6.45) is 8.95. The molecule has 1 spiro atoms. The topological polar surface area (TPSA) is 0 Å². The molecule has 7 aromatic carbocycles. The summed E-state index contributed by atoms with van der Waals surface area (Å²) in [5.41, 5.74) is 20.0. The zero-order chi connectivity index (χ0) is 35.9. The maximum atomic E-state index is 2.49. The monoisotopic (exact) mass is 698 g/mol. The van der Waals surface area contributed by atoms with E-state index in [-0.39, 0.29) is 5.41 Å². The molecule has 2 aliphatic carbocycles. The molecule has 10 rings (SSSR count). The van der Waals surface area contributed by atoms with Crippen LogP contribution < -0.4 is 0 Å². The fraction of sp³-hybridized carbons (Fsp3) is 0.115. The number of allylic oxidation sites excluding steroid dienone is 4. The van der Waals surface area contributed by atoms with Crippen LogP contribution in [0.25, 0.3) is 39.0 Å². The van der Waals surface area contributed by atoms with Crippen molar-refractivity contribution in [2.45, 2.75) is 48.8 Å². The summed E-state index contributed by atoms with van der Waals surface area (Å²) in [6.45, 7) is 6.65. The highest BCUT2D eigenvalue weighted by molar-refractivity contribution is 7.99. The van der Waals surface area contributed by atoms with Crippen LogP contribution in [-0.4, -0.2) is 0 Å². The van der Waals surface area contributed by atoms with Crippen molar-refractivity contribution in [1.82, 2.24) is 0 Å². The van der Waals surface area contributed by atoms with E-state index in [9.17, 15) is 0 Å². The number of benzene rings is 7. The van der Waals surface area contributed by atoms with Gasteiger partial charge in [-0.15, -0.1) is 0 Å². The van der Waals surface area contributed by atoms with Gasteiger partial charge in [-0.25, -0.2) is 0 Å². The molecule has 0 nitrogen and oxygen atoms in total. The van der Waals surface area contributed by atoms with Crippen molar-refractivity contribution in [3.63, 3.8) is 0 Å². The molecule has 0 N–H and O–H groups in total. The lowest BCUT2D eigenvalue weighted by Crippen LogP contribution is -2.32. The average Bonchev–Trinajstić information content (AvgIpc) is 3.49. The van der Waals surface area contributed by atoms with Gasteiger partial charge in [0, 0.05) is 9.79 Å². The van der Waals surface area contributed by atoms with Gasteiger partial charge in [-0.1, -0.05) is 163 Å². The van der Waals surface area contributed by atoms with Gasteiger partial charge in [0.25, 0.3) is 0 Å². The average molecular weight is 699 g/mol. The number of fused-ring (bicyclic) bond motifs is 9. The first-order valence-corrected chi connectivity index (χ1v) is 19.5. The second kappa shape index (κ2) is 13.7. The SMILES string of the molecule is Cc1cc(C2=CC=CCC2)cc(-c2ccccc2)c1.Cc1ccccc1-c1cc2c(cc1C)Sc1ccccc1C21c2ccccc2-c2ccccc21. The number of aryl methyl sites for hydroxylation is 3. The van der Waals surface area contributed by atoms with Crippen LogP contribution in [0.2, 0.25) is 0 Å².